The van der Waals surface area contributed by atoms with Crippen molar-refractivity contribution in [2.24, 2.45) is 0 Å². The smallest absolute Gasteiger partial charge is 0.344 e. The molecule has 2 saturated heterocycles. The van der Waals surface area contributed by atoms with Crippen LogP contribution in [0.5, 0.6) is 0 Å². The second kappa shape index (κ2) is 7.92. The van der Waals surface area contributed by atoms with Gasteiger partial charge in [-0.15, -0.1) is 5.06 Å². The molecule has 2 fully saturated rings. The molecule has 1 aromatic heterocycles. The summed E-state index contributed by atoms with van der Waals surface area (Å²) >= 11 is 0. The fourth-order valence-corrected chi connectivity index (χ4v) is 4.88. The summed E-state index contributed by atoms with van der Waals surface area (Å²) in [6, 6.07) is 13.1. The maximum atomic E-state index is 12.3. The molecule has 4 rings (SSSR count). The van der Waals surface area contributed by atoms with Gasteiger partial charge in [0.25, 0.3) is 5.91 Å². The van der Waals surface area contributed by atoms with Gasteiger partial charge in [-0.25, -0.2) is 9.78 Å². The van der Waals surface area contributed by atoms with E-state index in [4.69, 9.17) is 9.57 Å². The standard InChI is InChI=1S/C19H18N2O4S2/c1-12(26-27-16-4-2-3-11-20-16)13-5-7-14(8-6-13)19(23)25-21-17(22)10-9-15-18(21)24-15/h2-8,11-12,15,18H,9-10H2,1H3. The number of piperidine rings is 1. The van der Waals surface area contributed by atoms with E-state index < -0.39 is 12.2 Å². The van der Waals surface area contributed by atoms with Crippen LogP contribution in [0.2, 0.25) is 0 Å². The Morgan fingerprint density at radius 3 is 2.85 bits per heavy atom. The average Bonchev–Trinajstić information content (AvgIpc) is 3.49. The van der Waals surface area contributed by atoms with Crippen molar-refractivity contribution in [1.29, 1.82) is 0 Å². The van der Waals surface area contributed by atoms with Crippen LogP contribution in [0.1, 0.15) is 40.9 Å². The Morgan fingerprint density at radius 1 is 1.30 bits per heavy atom. The zero-order chi connectivity index (χ0) is 18.8. The van der Waals surface area contributed by atoms with Crippen LogP contribution in [0, 0.1) is 0 Å². The molecule has 3 unspecified atom stereocenters. The van der Waals surface area contributed by atoms with Crippen LogP contribution in [0.15, 0.2) is 53.7 Å². The lowest BCUT2D eigenvalue weighted by molar-refractivity contribution is -0.178. The van der Waals surface area contributed by atoms with Gasteiger partial charge in [0.15, 0.2) is 6.23 Å². The van der Waals surface area contributed by atoms with Crippen molar-refractivity contribution in [3.8, 4) is 0 Å². The van der Waals surface area contributed by atoms with Crippen molar-refractivity contribution < 1.29 is 19.2 Å². The number of aromatic nitrogens is 1. The quantitative estimate of drug-likeness (QED) is 0.534. The monoisotopic (exact) mass is 402 g/mol. The number of amides is 1. The summed E-state index contributed by atoms with van der Waals surface area (Å²) in [6.45, 7) is 2.10. The molecule has 3 heterocycles. The summed E-state index contributed by atoms with van der Waals surface area (Å²) in [4.78, 5) is 33.8. The third-order valence-corrected chi connectivity index (χ3v) is 7.12. The summed E-state index contributed by atoms with van der Waals surface area (Å²) in [5, 5.41) is 2.26. The first-order valence-electron chi connectivity index (χ1n) is 8.66. The molecule has 1 amide bonds. The Labute approximate surface area is 165 Å². The second-order valence-electron chi connectivity index (χ2n) is 6.31. The summed E-state index contributed by atoms with van der Waals surface area (Å²) in [6.07, 6.45) is 2.41. The minimum atomic E-state index is -0.547. The molecule has 0 aliphatic carbocycles. The number of hydroxylamine groups is 2. The van der Waals surface area contributed by atoms with Crippen molar-refractivity contribution in [3.05, 3.63) is 59.8 Å². The maximum absolute atomic E-state index is 12.3. The highest BCUT2D eigenvalue weighted by molar-refractivity contribution is 8.76. The molecule has 27 heavy (non-hydrogen) atoms. The lowest BCUT2D eigenvalue weighted by Crippen LogP contribution is -2.39. The molecule has 3 atom stereocenters. The number of fused-ring (bicyclic) bond motifs is 1. The second-order valence-corrected chi connectivity index (χ2v) is 8.88. The molecule has 0 radical (unpaired) electrons. The first-order valence-corrected chi connectivity index (χ1v) is 10.9. The third kappa shape index (κ3) is 4.28. The van der Waals surface area contributed by atoms with E-state index in [9.17, 15) is 9.59 Å². The third-order valence-electron chi connectivity index (χ3n) is 4.39. The van der Waals surface area contributed by atoms with E-state index in [1.54, 1.807) is 39.9 Å². The van der Waals surface area contributed by atoms with Crippen molar-refractivity contribution in [2.45, 2.75) is 42.4 Å². The van der Waals surface area contributed by atoms with Gasteiger partial charge in [0.1, 0.15) is 11.1 Å². The van der Waals surface area contributed by atoms with Crippen LogP contribution in [-0.4, -0.2) is 34.3 Å². The first-order chi connectivity index (χ1) is 13.1. The number of carbonyl (C=O) groups is 2. The Hall–Kier alpha value is -2.03. The number of nitrogens with zero attached hydrogens (tertiary/aromatic N) is 2. The molecular weight excluding hydrogens is 384 g/mol. The SMILES string of the molecule is CC(SSc1ccccn1)c1ccc(C(=O)ON2C(=O)CCC3OC32)cc1. The molecule has 0 spiro atoms. The predicted molar refractivity (Wildman–Crippen MR) is 103 cm³/mol. The number of pyridine rings is 1. The van der Waals surface area contributed by atoms with E-state index in [2.05, 4.69) is 11.9 Å². The zero-order valence-corrected chi connectivity index (χ0v) is 16.2. The zero-order valence-electron chi connectivity index (χ0n) is 14.6. The summed E-state index contributed by atoms with van der Waals surface area (Å²) in [5.74, 6) is -0.760. The highest BCUT2D eigenvalue weighted by atomic mass is 33.1. The van der Waals surface area contributed by atoms with Crippen LogP contribution in [0.4, 0.5) is 0 Å². The van der Waals surface area contributed by atoms with Crippen LogP contribution < -0.4 is 0 Å². The van der Waals surface area contributed by atoms with Gasteiger partial charge >= 0.3 is 5.97 Å². The van der Waals surface area contributed by atoms with Gasteiger partial charge in [0, 0.05) is 17.9 Å². The van der Waals surface area contributed by atoms with Crippen LogP contribution in [0.3, 0.4) is 0 Å². The lowest BCUT2D eigenvalue weighted by atomic mass is 10.1. The molecule has 140 valence electrons. The van der Waals surface area contributed by atoms with Crippen LogP contribution in [-0.2, 0) is 14.4 Å². The molecule has 0 bridgehead atoms. The van der Waals surface area contributed by atoms with E-state index >= 15 is 0 Å². The molecule has 6 nitrogen and oxygen atoms in total. The number of carbonyl (C=O) groups excluding carboxylic acids is 2. The number of ether oxygens (including phenoxy) is 1. The summed E-state index contributed by atoms with van der Waals surface area (Å²) < 4.78 is 5.33. The van der Waals surface area contributed by atoms with E-state index in [1.165, 1.54) is 0 Å². The minimum absolute atomic E-state index is 0.00681. The molecule has 2 aliphatic rings. The molecule has 2 aliphatic heterocycles. The van der Waals surface area contributed by atoms with Crippen molar-refractivity contribution >= 4 is 33.5 Å². The highest BCUT2D eigenvalue weighted by Gasteiger charge is 2.51. The largest absolute Gasteiger partial charge is 0.363 e. The van der Waals surface area contributed by atoms with Crippen LogP contribution in [0.25, 0.3) is 0 Å². The molecule has 1 aromatic carbocycles. The van der Waals surface area contributed by atoms with Crippen molar-refractivity contribution in [2.75, 3.05) is 0 Å². The number of epoxide rings is 1. The van der Waals surface area contributed by atoms with E-state index in [0.717, 1.165) is 15.7 Å². The van der Waals surface area contributed by atoms with Gasteiger partial charge in [-0.2, -0.15) is 0 Å². The summed E-state index contributed by atoms with van der Waals surface area (Å²) in [5.41, 5.74) is 1.50. The number of benzene rings is 1. The molecule has 8 heteroatoms. The molecule has 0 saturated carbocycles. The Morgan fingerprint density at radius 2 is 2.11 bits per heavy atom. The fourth-order valence-electron chi connectivity index (χ4n) is 2.78. The number of rotatable bonds is 6. The Bertz CT molecular complexity index is 831. The van der Waals surface area contributed by atoms with Crippen molar-refractivity contribution in [1.82, 2.24) is 10.0 Å². The Balaban J connectivity index is 1.34. The number of hydrogen-bond acceptors (Lipinski definition) is 7. The van der Waals surface area contributed by atoms with Gasteiger partial charge < -0.3 is 9.57 Å². The minimum Gasteiger partial charge on any atom is -0.344 e. The van der Waals surface area contributed by atoms with Gasteiger partial charge in [-0.05, 0) is 54.0 Å². The summed E-state index contributed by atoms with van der Waals surface area (Å²) in [7, 11) is 3.32. The average molecular weight is 402 g/mol. The first kappa shape index (κ1) is 18.3. The van der Waals surface area contributed by atoms with E-state index in [1.807, 2.05) is 30.3 Å². The molecule has 0 N–H and O–H groups in total. The van der Waals surface area contributed by atoms with Gasteiger partial charge in [0.05, 0.1) is 5.56 Å². The Kier molecular flexibility index (Phi) is 5.38. The van der Waals surface area contributed by atoms with Crippen molar-refractivity contribution in [3.63, 3.8) is 0 Å². The topological polar surface area (TPSA) is 72.0 Å². The van der Waals surface area contributed by atoms with Crippen LogP contribution >= 0.6 is 21.6 Å². The normalized spacial score (nSPS) is 22.1. The predicted octanol–water partition coefficient (Wildman–Crippen LogP) is 4.00. The van der Waals surface area contributed by atoms with Gasteiger partial charge in [0.2, 0.25) is 0 Å². The molecule has 2 aromatic rings. The van der Waals surface area contributed by atoms with Gasteiger partial charge in [-0.1, -0.05) is 29.0 Å². The van der Waals surface area contributed by atoms with Gasteiger partial charge in [-0.3, -0.25) is 4.79 Å². The fraction of sp³-hybridized carbons (Fsp3) is 0.316. The number of hydrogen-bond donors (Lipinski definition) is 0. The highest BCUT2D eigenvalue weighted by Crippen LogP contribution is 2.41. The molecular formula is C19H18N2O4S2. The van der Waals surface area contributed by atoms with E-state index in [0.29, 0.717) is 18.4 Å². The lowest BCUT2D eigenvalue weighted by Gasteiger charge is -2.21. The van der Waals surface area contributed by atoms with E-state index in [-0.39, 0.29) is 17.3 Å². The maximum Gasteiger partial charge on any atom is 0.363 e.